The smallest absolute Gasteiger partial charge is 0.418 e. The molecule has 0 amide bonds. The number of rotatable bonds is 10. The monoisotopic (exact) mass is 474 g/mol. The van der Waals surface area contributed by atoms with Gasteiger partial charge in [-0.2, -0.15) is 13.2 Å². The van der Waals surface area contributed by atoms with Crippen LogP contribution in [0.5, 0.6) is 11.5 Å². The summed E-state index contributed by atoms with van der Waals surface area (Å²) in [5, 5.41) is 9.84. The number of aromatic nitrogens is 2. The molecule has 0 atom stereocenters. The van der Waals surface area contributed by atoms with Gasteiger partial charge in [-0.15, -0.1) is 0 Å². The Morgan fingerprint density at radius 1 is 1.15 bits per heavy atom. The second kappa shape index (κ2) is 9.70. The summed E-state index contributed by atoms with van der Waals surface area (Å²) in [4.78, 5) is 13.5. The molecule has 2 aromatic carbocycles. The summed E-state index contributed by atoms with van der Waals surface area (Å²) in [5.41, 5.74) is 1.56. The quantitative estimate of drug-likeness (QED) is 0.275. The number of hydrogen-bond donors (Lipinski definition) is 2. The lowest BCUT2D eigenvalue weighted by molar-refractivity contribution is -0.139. The average Bonchev–Trinajstić information content (AvgIpc) is 3.40. The fourth-order valence-electron chi connectivity index (χ4n) is 4.13. The van der Waals surface area contributed by atoms with E-state index in [-0.39, 0.29) is 5.39 Å². The molecule has 0 unspecified atom stereocenters. The third-order valence-electron chi connectivity index (χ3n) is 5.63. The first kappa shape index (κ1) is 23.5. The summed E-state index contributed by atoms with van der Waals surface area (Å²) in [6.07, 6.45) is 0.638. The fourth-order valence-corrected chi connectivity index (χ4v) is 4.13. The zero-order chi connectivity index (χ0) is 24.3. The molecule has 0 aliphatic heterocycles. The van der Waals surface area contributed by atoms with E-state index in [2.05, 4.69) is 9.55 Å². The molecule has 0 aliphatic carbocycles. The zero-order valence-electron chi connectivity index (χ0n) is 18.6. The number of nitrogens with one attached hydrogen (secondary N) is 1. The molecule has 4 aromatic rings. The standard InChI is InChI=1S/C25H25F3N2O4/c1-2-4-19-22(8-6-18-20(25(26,27)28)14-29-24(18)19)33-12-3-10-30-11-9-16-13-17(5-7-21(16)30)34-15-23(31)32/h5-9,11,13-14,29H,2-4,10,12,15H2,1H3,(H,31,32). The molecule has 9 heteroatoms. The van der Waals surface area contributed by atoms with Crippen LogP contribution < -0.4 is 9.47 Å². The molecule has 2 heterocycles. The topological polar surface area (TPSA) is 76.5 Å². The Morgan fingerprint density at radius 2 is 1.97 bits per heavy atom. The van der Waals surface area contributed by atoms with E-state index < -0.39 is 24.3 Å². The number of aliphatic carboxylic acids is 1. The number of nitrogens with zero attached hydrogens (tertiary/aromatic N) is 1. The Balaban J connectivity index is 1.42. The van der Waals surface area contributed by atoms with Crippen molar-refractivity contribution in [3.8, 4) is 11.5 Å². The lowest BCUT2D eigenvalue weighted by atomic mass is 10.0. The van der Waals surface area contributed by atoms with Gasteiger partial charge in [-0.05, 0) is 49.2 Å². The molecule has 2 aromatic heterocycles. The van der Waals surface area contributed by atoms with Gasteiger partial charge in [-0.1, -0.05) is 13.3 Å². The number of carboxylic acids is 1. The van der Waals surface area contributed by atoms with Crippen LogP contribution in [0.3, 0.4) is 0 Å². The lowest BCUT2D eigenvalue weighted by Crippen LogP contribution is -2.09. The number of aromatic amines is 1. The molecule has 34 heavy (non-hydrogen) atoms. The highest BCUT2D eigenvalue weighted by Gasteiger charge is 2.34. The van der Waals surface area contributed by atoms with Gasteiger partial charge in [0.1, 0.15) is 11.5 Å². The van der Waals surface area contributed by atoms with E-state index in [1.165, 1.54) is 6.07 Å². The molecule has 6 nitrogen and oxygen atoms in total. The Labute approximate surface area is 193 Å². The molecule has 0 aliphatic rings. The van der Waals surface area contributed by atoms with Crippen LogP contribution in [0.2, 0.25) is 0 Å². The Morgan fingerprint density at radius 3 is 2.71 bits per heavy atom. The number of halogens is 3. The van der Waals surface area contributed by atoms with Gasteiger partial charge in [0.05, 0.1) is 17.7 Å². The number of ether oxygens (including phenoxy) is 2. The van der Waals surface area contributed by atoms with Crippen molar-refractivity contribution >= 4 is 27.8 Å². The van der Waals surface area contributed by atoms with Crippen LogP contribution >= 0.6 is 0 Å². The average molecular weight is 474 g/mol. The van der Waals surface area contributed by atoms with Crippen molar-refractivity contribution in [2.24, 2.45) is 0 Å². The minimum absolute atomic E-state index is 0.161. The fraction of sp³-hybridized carbons (Fsp3) is 0.320. The van der Waals surface area contributed by atoms with Gasteiger partial charge in [0.25, 0.3) is 0 Å². The minimum atomic E-state index is -4.41. The van der Waals surface area contributed by atoms with Crippen molar-refractivity contribution < 1.29 is 32.5 Å². The third kappa shape index (κ3) is 4.98. The van der Waals surface area contributed by atoms with Crippen molar-refractivity contribution in [1.82, 2.24) is 9.55 Å². The number of H-pyrrole nitrogens is 1. The molecule has 2 N–H and O–H groups in total. The number of carboxylic acid groups (broad SMARTS) is 1. The van der Waals surface area contributed by atoms with E-state index in [9.17, 15) is 18.0 Å². The maximum atomic E-state index is 13.3. The van der Waals surface area contributed by atoms with Gasteiger partial charge < -0.3 is 24.1 Å². The first-order valence-electron chi connectivity index (χ1n) is 11.0. The molecular weight excluding hydrogens is 449 g/mol. The summed E-state index contributed by atoms with van der Waals surface area (Å²) < 4.78 is 53.1. The van der Waals surface area contributed by atoms with E-state index in [1.54, 1.807) is 18.2 Å². The number of carbonyl (C=O) groups is 1. The number of aryl methyl sites for hydroxylation is 2. The van der Waals surface area contributed by atoms with Crippen LogP contribution in [0, 0.1) is 0 Å². The van der Waals surface area contributed by atoms with Gasteiger partial charge in [0.2, 0.25) is 0 Å². The van der Waals surface area contributed by atoms with E-state index in [0.717, 1.165) is 29.1 Å². The van der Waals surface area contributed by atoms with E-state index in [0.29, 0.717) is 43.0 Å². The number of hydrogen-bond acceptors (Lipinski definition) is 3. The summed E-state index contributed by atoms with van der Waals surface area (Å²) in [7, 11) is 0. The molecule has 0 saturated heterocycles. The number of fused-ring (bicyclic) bond motifs is 2. The highest BCUT2D eigenvalue weighted by molar-refractivity contribution is 5.88. The highest BCUT2D eigenvalue weighted by atomic mass is 19.4. The van der Waals surface area contributed by atoms with Gasteiger partial charge in [0, 0.05) is 40.8 Å². The van der Waals surface area contributed by atoms with E-state index in [1.807, 2.05) is 25.3 Å². The summed E-state index contributed by atoms with van der Waals surface area (Å²) in [6, 6.07) is 10.4. The van der Waals surface area contributed by atoms with E-state index in [4.69, 9.17) is 14.6 Å². The normalized spacial score (nSPS) is 11.9. The molecule has 0 saturated carbocycles. The SMILES string of the molecule is CCCc1c(OCCCn2ccc3cc(OCC(=O)O)ccc32)ccc2c(C(F)(F)F)c[nH]c12. The predicted molar refractivity (Wildman–Crippen MR) is 122 cm³/mol. The maximum absolute atomic E-state index is 13.3. The van der Waals surface area contributed by atoms with Gasteiger partial charge in [-0.25, -0.2) is 4.79 Å². The van der Waals surface area contributed by atoms with Crippen LogP contribution in [-0.2, 0) is 23.9 Å². The summed E-state index contributed by atoms with van der Waals surface area (Å²) in [6.45, 7) is 2.68. The Hall–Kier alpha value is -3.62. The molecule has 0 bridgehead atoms. The summed E-state index contributed by atoms with van der Waals surface area (Å²) in [5.74, 6) is 0.0614. The predicted octanol–water partition coefficient (Wildman–Crippen LogP) is 6.03. The van der Waals surface area contributed by atoms with Crippen LogP contribution in [0.25, 0.3) is 21.8 Å². The third-order valence-corrected chi connectivity index (χ3v) is 5.63. The Kier molecular flexibility index (Phi) is 6.72. The van der Waals surface area contributed by atoms with Crippen molar-refractivity contribution in [2.75, 3.05) is 13.2 Å². The van der Waals surface area contributed by atoms with Crippen LogP contribution in [0.4, 0.5) is 13.2 Å². The zero-order valence-corrected chi connectivity index (χ0v) is 18.6. The van der Waals surface area contributed by atoms with Crippen molar-refractivity contribution in [1.29, 1.82) is 0 Å². The number of benzene rings is 2. The number of alkyl halides is 3. The van der Waals surface area contributed by atoms with Crippen molar-refractivity contribution in [3.05, 3.63) is 59.9 Å². The van der Waals surface area contributed by atoms with Crippen molar-refractivity contribution in [3.63, 3.8) is 0 Å². The van der Waals surface area contributed by atoms with Gasteiger partial charge in [0.15, 0.2) is 6.61 Å². The second-order valence-electron chi connectivity index (χ2n) is 8.03. The molecule has 4 rings (SSSR count). The van der Waals surface area contributed by atoms with Crippen LogP contribution in [0.1, 0.15) is 30.9 Å². The summed E-state index contributed by atoms with van der Waals surface area (Å²) >= 11 is 0. The van der Waals surface area contributed by atoms with Gasteiger partial charge in [-0.3, -0.25) is 0 Å². The van der Waals surface area contributed by atoms with Gasteiger partial charge >= 0.3 is 12.1 Å². The van der Waals surface area contributed by atoms with Crippen LogP contribution in [-0.4, -0.2) is 33.8 Å². The molecule has 180 valence electrons. The Bertz CT molecular complexity index is 1310. The molecular formula is C25H25F3N2O4. The first-order chi connectivity index (χ1) is 16.3. The molecule has 0 spiro atoms. The lowest BCUT2D eigenvalue weighted by Gasteiger charge is -2.14. The second-order valence-corrected chi connectivity index (χ2v) is 8.03. The van der Waals surface area contributed by atoms with Crippen molar-refractivity contribution in [2.45, 2.75) is 38.9 Å². The molecule has 0 fully saturated rings. The van der Waals surface area contributed by atoms with Crippen LogP contribution in [0.15, 0.2) is 48.8 Å². The minimum Gasteiger partial charge on any atom is -0.493 e. The largest absolute Gasteiger partial charge is 0.493 e. The maximum Gasteiger partial charge on any atom is 0.418 e. The van der Waals surface area contributed by atoms with E-state index >= 15 is 0 Å². The first-order valence-corrected chi connectivity index (χ1v) is 11.0. The highest BCUT2D eigenvalue weighted by Crippen LogP contribution is 2.38. The molecule has 0 radical (unpaired) electrons.